The minimum atomic E-state index is -0.515. The maximum atomic E-state index is 13.5. The number of H-pyrrole nitrogens is 1. The summed E-state index contributed by atoms with van der Waals surface area (Å²) in [5.41, 5.74) is 1.90. The summed E-state index contributed by atoms with van der Waals surface area (Å²) in [4.78, 5) is 38.4. The Labute approximate surface area is 218 Å². The number of fused-ring (bicyclic) bond motifs is 2. The first-order valence-corrected chi connectivity index (χ1v) is 12.1. The van der Waals surface area contributed by atoms with E-state index in [4.69, 9.17) is 4.74 Å². The molecule has 2 N–H and O–H groups in total. The van der Waals surface area contributed by atoms with Gasteiger partial charge < -0.3 is 15.0 Å². The van der Waals surface area contributed by atoms with Crippen LogP contribution >= 0.6 is 15.9 Å². The fraction of sp³-hybridized carbons (Fsp3) is 0. The van der Waals surface area contributed by atoms with Gasteiger partial charge in [0.2, 0.25) is 0 Å². The molecule has 9 heteroatoms. The molecular formula is C28H18BrN5O3. The van der Waals surface area contributed by atoms with Crippen molar-refractivity contribution in [3.05, 3.63) is 118 Å². The largest absolute Gasteiger partial charge is 0.457 e. The lowest BCUT2D eigenvalue weighted by Gasteiger charge is -2.13. The quantitative estimate of drug-likeness (QED) is 0.270. The number of amides is 1. The third-order valence-corrected chi connectivity index (χ3v) is 6.38. The molecule has 0 bridgehead atoms. The fourth-order valence-electron chi connectivity index (χ4n) is 4.09. The molecule has 0 aliphatic heterocycles. The Hall–Kier alpha value is -4.76. The van der Waals surface area contributed by atoms with Gasteiger partial charge in [-0.05, 0) is 78.9 Å². The molecule has 4 heterocycles. The molecule has 180 valence electrons. The summed E-state index contributed by atoms with van der Waals surface area (Å²) >= 11 is 3.41. The maximum Gasteiger partial charge on any atom is 0.269 e. The predicted octanol–water partition coefficient (Wildman–Crippen LogP) is 6.07. The first-order valence-electron chi connectivity index (χ1n) is 11.3. The second-order valence-corrected chi connectivity index (χ2v) is 9.14. The number of carbonyl (C=O) groups is 1. The van der Waals surface area contributed by atoms with Gasteiger partial charge in [0.15, 0.2) is 0 Å². The predicted molar refractivity (Wildman–Crippen MR) is 146 cm³/mol. The van der Waals surface area contributed by atoms with Crippen molar-refractivity contribution in [3.63, 3.8) is 0 Å². The lowest BCUT2D eigenvalue weighted by Crippen LogP contribution is -2.29. The Morgan fingerprint density at radius 3 is 2.57 bits per heavy atom. The van der Waals surface area contributed by atoms with Gasteiger partial charge in [0, 0.05) is 34.1 Å². The van der Waals surface area contributed by atoms with Crippen LogP contribution in [0.3, 0.4) is 0 Å². The summed E-state index contributed by atoms with van der Waals surface area (Å²) in [6.07, 6.45) is 5.09. The van der Waals surface area contributed by atoms with Gasteiger partial charge in [-0.25, -0.2) is 9.97 Å². The zero-order valence-electron chi connectivity index (χ0n) is 19.2. The van der Waals surface area contributed by atoms with E-state index >= 15 is 0 Å². The molecule has 4 aromatic heterocycles. The van der Waals surface area contributed by atoms with Crippen molar-refractivity contribution < 1.29 is 9.53 Å². The summed E-state index contributed by atoms with van der Waals surface area (Å²) in [5.74, 6) is 0.751. The average molecular weight is 552 g/mol. The fourth-order valence-corrected chi connectivity index (χ4v) is 4.36. The van der Waals surface area contributed by atoms with Crippen molar-refractivity contribution >= 4 is 49.6 Å². The van der Waals surface area contributed by atoms with Crippen LogP contribution in [0.4, 0.5) is 5.69 Å². The van der Waals surface area contributed by atoms with E-state index in [1.165, 1.54) is 4.57 Å². The van der Waals surface area contributed by atoms with E-state index in [9.17, 15) is 9.59 Å². The minimum Gasteiger partial charge on any atom is -0.457 e. The highest BCUT2D eigenvalue weighted by atomic mass is 79.9. The molecule has 0 saturated carbocycles. The standard InChI is InChI=1S/C28H18BrN5O3/c29-18-3-7-20(8-4-18)34-26-17(2-1-13-32-26)16-23(28(34)36)27(35)33-19-5-9-21(10-6-19)37-24-12-15-31-25-22(24)11-14-30-25/h1-16H,(H,30,31)(H,33,35). The number of hydrogen-bond acceptors (Lipinski definition) is 5. The van der Waals surface area contributed by atoms with Gasteiger partial charge in [-0.2, -0.15) is 0 Å². The van der Waals surface area contributed by atoms with E-state index in [1.54, 1.807) is 73.2 Å². The summed E-state index contributed by atoms with van der Waals surface area (Å²) in [6.45, 7) is 0. The lowest BCUT2D eigenvalue weighted by atomic mass is 10.1. The van der Waals surface area contributed by atoms with E-state index in [0.29, 0.717) is 33.9 Å². The van der Waals surface area contributed by atoms with Gasteiger partial charge >= 0.3 is 0 Å². The van der Waals surface area contributed by atoms with E-state index in [1.807, 2.05) is 24.3 Å². The van der Waals surface area contributed by atoms with E-state index < -0.39 is 11.5 Å². The highest BCUT2D eigenvalue weighted by Crippen LogP contribution is 2.29. The molecule has 6 rings (SSSR count). The molecule has 0 spiro atoms. The summed E-state index contributed by atoms with van der Waals surface area (Å²) in [6, 6.07) is 23.0. The molecule has 1 amide bonds. The van der Waals surface area contributed by atoms with Crippen LogP contribution in [-0.2, 0) is 0 Å². The van der Waals surface area contributed by atoms with Crippen LogP contribution in [0, 0.1) is 0 Å². The number of hydrogen-bond donors (Lipinski definition) is 2. The summed E-state index contributed by atoms with van der Waals surface area (Å²) in [7, 11) is 0. The number of ether oxygens (including phenoxy) is 1. The second kappa shape index (κ2) is 9.36. The van der Waals surface area contributed by atoms with Gasteiger partial charge in [-0.1, -0.05) is 15.9 Å². The minimum absolute atomic E-state index is 0.00961. The van der Waals surface area contributed by atoms with Crippen molar-refractivity contribution in [2.45, 2.75) is 0 Å². The molecule has 0 saturated heterocycles. The number of rotatable bonds is 5. The Morgan fingerprint density at radius 2 is 1.76 bits per heavy atom. The highest BCUT2D eigenvalue weighted by Gasteiger charge is 2.18. The van der Waals surface area contributed by atoms with E-state index in [2.05, 4.69) is 36.2 Å². The van der Waals surface area contributed by atoms with Crippen molar-refractivity contribution in [3.8, 4) is 17.2 Å². The highest BCUT2D eigenvalue weighted by molar-refractivity contribution is 9.10. The van der Waals surface area contributed by atoms with Crippen LogP contribution in [0.25, 0.3) is 27.8 Å². The Bertz CT molecular complexity index is 1830. The molecule has 0 unspecified atom stereocenters. The molecular weight excluding hydrogens is 534 g/mol. The van der Waals surface area contributed by atoms with Gasteiger partial charge in [-0.3, -0.25) is 14.2 Å². The smallest absolute Gasteiger partial charge is 0.269 e. The number of carbonyl (C=O) groups excluding carboxylic acids is 1. The number of nitrogens with zero attached hydrogens (tertiary/aromatic N) is 3. The van der Waals surface area contributed by atoms with Crippen LogP contribution in [0.15, 0.2) is 107 Å². The number of nitrogens with one attached hydrogen (secondary N) is 2. The Kier molecular flexibility index (Phi) is 5.74. The van der Waals surface area contributed by atoms with Crippen LogP contribution in [0.5, 0.6) is 11.5 Å². The monoisotopic (exact) mass is 551 g/mol. The molecule has 37 heavy (non-hydrogen) atoms. The molecule has 2 aromatic carbocycles. The van der Waals surface area contributed by atoms with Crippen LogP contribution in [0.2, 0.25) is 0 Å². The number of aromatic amines is 1. The van der Waals surface area contributed by atoms with Crippen LogP contribution in [-0.4, -0.2) is 25.4 Å². The van der Waals surface area contributed by atoms with Crippen LogP contribution < -0.4 is 15.6 Å². The molecule has 0 radical (unpaired) electrons. The topological polar surface area (TPSA) is 102 Å². The summed E-state index contributed by atoms with van der Waals surface area (Å²) < 4.78 is 8.33. The summed E-state index contributed by atoms with van der Waals surface area (Å²) in [5, 5.41) is 4.36. The average Bonchev–Trinajstić information content (AvgIpc) is 3.40. The van der Waals surface area contributed by atoms with E-state index in [-0.39, 0.29) is 5.56 Å². The molecule has 6 aromatic rings. The first kappa shape index (κ1) is 22.7. The third kappa shape index (κ3) is 4.36. The Balaban J connectivity index is 1.29. The number of halogens is 1. The Morgan fingerprint density at radius 1 is 0.946 bits per heavy atom. The molecule has 0 aliphatic carbocycles. The maximum absolute atomic E-state index is 13.5. The van der Waals surface area contributed by atoms with Gasteiger partial charge in [0.1, 0.15) is 28.4 Å². The van der Waals surface area contributed by atoms with Gasteiger partial charge in [0.05, 0.1) is 11.1 Å². The number of aromatic nitrogens is 4. The van der Waals surface area contributed by atoms with Crippen molar-refractivity contribution in [1.29, 1.82) is 0 Å². The van der Waals surface area contributed by atoms with Crippen molar-refractivity contribution in [2.75, 3.05) is 5.32 Å². The normalized spacial score (nSPS) is 11.1. The van der Waals surface area contributed by atoms with Gasteiger partial charge in [0.25, 0.3) is 11.5 Å². The molecule has 8 nitrogen and oxygen atoms in total. The van der Waals surface area contributed by atoms with Crippen LogP contribution in [0.1, 0.15) is 10.4 Å². The van der Waals surface area contributed by atoms with Gasteiger partial charge in [-0.15, -0.1) is 0 Å². The van der Waals surface area contributed by atoms with Crippen molar-refractivity contribution in [1.82, 2.24) is 19.5 Å². The third-order valence-electron chi connectivity index (χ3n) is 5.85. The lowest BCUT2D eigenvalue weighted by molar-refractivity contribution is 0.102. The first-order chi connectivity index (χ1) is 18.1. The number of anilines is 1. The van der Waals surface area contributed by atoms with E-state index in [0.717, 1.165) is 15.5 Å². The zero-order valence-corrected chi connectivity index (χ0v) is 20.8. The second-order valence-electron chi connectivity index (χ2n) is 8.22. The zero-order chi connectivity index (χ0) is 25.4. The number of pyridine rings is 3. The molecule has 0 fully saturated rings. The van der Waals surface area contributed by atoms with Crippen molar-refractivity contribution in [2.24, 2.45) is 0 Å². The number of benzene rings is 2. The molecule has 0 atom stereocenters. The SMILES string of the molecule is O=C(Nc1ccc(Oc2ccnc3[nH]ccc23)cc1)c1cc2cccnc2n(-c2ccc(Br)cc2)c1=O. The molecule has 0 aliphatic rings.